The molecule has 0 radical (unpaired) electrons. The molecular weight excluding hydrogens is 250 g/mol. The third-order valence-corrected chi connectivity index (χ3v) is 4.53. The topological polar surface area (TPSA) is 56.1 Å². The van der Waals surface area contributed by atoms with Gasteiger partial charge in [-0.15, -0.1) is 0 Å². The van der Waals surface area contributed by atoms with Crippen molar-refractivity contribution in [1.29, 1.82) is 0 Å². The fourth-order valence-electron chi connectivity index (χ4n) is 2.88. The lowest BCUT2D eigenvalue weighted by Gasteiger charge is -2.21. The summed E-state index contributed by atoms with van der Waals surface area (Å²) in [6.45, 7) is 3.83. The van der Waals surface area contributed by atoms with Gasteiger partial charge in [-0.05, 0) is 32.8 Å². The number of hydrogen-bond acceptors (Lipinski definition) is 3. The zero-order chi connectivity index (χ0) is 13.5. The molecule has 0 saturated carbocycles. The lowest BCUT2D eigenvalue weighted by Crippen LogP contribution is -2.21. The van der Waals surface area contributed by atoms with Crippen molar-refractivity contribution in [2.75, 3.05) is 12.0 Å². The van der Waals surface area contributed by atoms with Crippen LogP contribution in [0.5, 0.6) is 0 Å². The summed E-state index contributed by atoms with van der Waals surface area (Å²) in [6.07, 6.45) is 3.58. The predicted octanol–water partition coefficient (Wildman–Crippen LogP) is 1.92. The molecule has 2 rings (SSSR count). The standard InChI is InChI=1S/C13H19NO3S/c1-9-7-11-12(5-4-6-13(11)15)14(9)10(2)8-18(3,16)17/h7,10H,4-6,8H2,1-3H3. The first-order chi connectivity index (χ1) is 8.29. The van der Waals surface area contributed by atoms with Gasteiger partial charge in [-0.25, -0.2) is 8.42 Å². The van der Waals surface area contributed by atoms with Gasteiger partial charge in [0, 0.05) is 35.7 Å². The number of carbonyl (C=O) groups is 1. The van der Waals surface area contributed by atoms with Crippen LogP contribution < -0.4 is 0 Å². The highest BCUT2D eigenvalue weighted by Gasteiger charge is 2.25. The van der Waals surface area contributed by atoms with E-state index >= 15 is 0 Å². The molecule has 1 unspecified atom stereocenters. The second-order valence-corrected chi connectivity index (χ2v) is 7.42. The lowest BCUT2D eigenvalue weighted by molar-refractivity contribution is 0.0971. The molecule has 0 amide bonds. The maximum Gasteiger partial charge on any atom is 0.164 e. The minimum atomic E-state index is -3.01. The van der Waals surface area contributed by atoms with Crippen molar-refractivity contribution >= 4 is 15.6 Å². The van der Waals surface area contributed by atoms with Gasteiger partial charge in [0.1, 0.15) is 9.84 Å². The molecule has 1 aromatic heterocycles. The van der Waals surface area contributed by atoms with Gasteiger partial charge in [0.05, 0.1) is 5.75 Å². The van der Waals surface area contributed by atoms with Crippen LogP contribution >= 0.6 is 0 Å². The molecule has 1 aliphatic carbocycles. The Bertz CT molecular complexity index is 584. The zero-order valence-corrected chi connectivity index (χ0v) is 11.9. The van der Waals surface area contributed by atoms with Crippen LogP contribution in [0, 0.1) is 6.92 Å². The molecular formula is C13H19NO3S. The summed E-state index contributed by atoms with van der Waals surface area (Å²) < 4.78 is 24.8. The Labute approximate surface area is 108 Å². The number of nitrogens with zero attached hydrogens (tertiary/aromatic N) is 1. The van der Waals surface area contributed by atoms with Crippen LogP contribution in [-0.2, 0) is 16.3 Å². The molecule has 4 nitrogen and oxygen atoms in total. The van der Waals surface area contributed by atoms with Gasteiger partial charge in [0.15, 0.2) is 5.78 Å². The summed E-state index contributed by atoms with van der Waals surface area (Å²) >= 11 is 0. The third kappa shape index (κ3) is 2.51. The molecule has 1 aromatic rings. The molecule has 5 heteroatoms. The Morgan fingerprint density at radius 2 is 2.06 bits per heavy atom. The molecule has 0 aromatic carbocycles. The molecule has 1 aliphatic rings. The van der Waals surface area contributed by atoms with Crippen LogP contribution in [0.2, 0.25) is 0 Å². The van der Waals surface area contributed by atoms with Gasteiger partial charge < -0.3 is 4.57 Å². The van der Waals surface area contributed by atoms with Crippen LogP contribution in [-0.4, -0.2) is 30.8 Å². The van der Waals surface area contributed by atoms with E-state index in [0.29, 0.717) is 6.42 Å². The van der Waals surface area contributed by atoms with Crippen LogP contribution in [0.4, 0.5) is 0 Å². The number of ketones is 1. The SMILES string of the molecule is Cc1cc2c(n1C(C)CS(C)(=O)=O)CCCC2=O. The Kier molecular flexibility index (Phi) is 3.36. The smallest absolute Gasteiger partial charge is 0.164 e. The Hall–Kier alpha value is -1.10. The van der Waals surface area contributed by atoms with Crippen molar-refractivity contribution in [2.45, 2.75) is 39.2 Å². The third-order valence-electron chi connectivity index (χ3n) is 3.44. The number of rotatable bonds is 3. The van der Waals surface area contributed by atoms with Gasteiger partial charge >= 0.3 is 0 Å². The Morgan fingerprint density at radius 1 is 1.39 bits per heavy atom. The molecule has 0 bridgehead atoms. The number of aryl methyl sites for hydroxylation is 1. The highest BCUT2D eigenvalue weighted by molar-refractivity contribution is 7.90. The van der Waals surface area contributed by atoms with E-state index in [9.17, 15) is 13.2 Å². The van der Waals surface area contributed by atoms with Crippen molar-refractivity contribution in [2.24, 2.45) is 0 Å². The first-order valence-corrected chi connectivity index (χ1v) is 8.27. The van der Waals surface area contributed by atoms with Crippen molar-refractivity contribution < 1.29 is 13.2 Å². The number of sulfone groups is 1. The minimum absolute atomic E-state index is 0.114. The normalized spacial score (nSPS) is 17.6. The van der Waals surface area contributed by atoms with E-state index in [4.69, 9.17) is 0 Å². The van der Waals surface area contributed by atoms with Gasteiger partial charge in [-0.1, -0.05) is 0 Å². The minimum Gasteiger partial charge on any atom is -0.344 e. The molecule has 0 spiro atoms. The monoisotopic (exact) mass is 269 g/mol. The molecule has 0 saturated heterocycles. The average Bonchev–Trinajstić information content (AvgIpc) is 2.53. The summed E-state index contributed by atoms with van der Waals surface area (Å²) in [5, 5.41) is 0. The maximum absolute atomic E-state index is 11.8. The van der Waals surface area contributed by atoms with Crippen molar-refractivity contribution in [3.05, 3.63) is 23.0 Å². The van der Waals surface area contributed by atoms with E-state index in [1.165, 1.54) is 6.26 Å². The highest BCUT2D eigenvalue weighted by atomic mass is 32.2. The van der Waals surface area contributed by atoms with Gasteiger partial charge in [0.25, 0.3) is 0 Å². The number of aromatic nitrogens is 1. The molecule has 18 heavy (non-hydrogen) atoms. The second-order valence-electron chi connectivity index (χ2n) is 5.23. The molecule has 0 aliphatic heterocycles. The number of carbonyl (C=O) groups excluding carboxylic acids is 1. The summed E-state index contributed by atoms with van der Waals surface area (Å²) in [5.74, 6) is 0.299. The summed E-state index contributed by atoms with van der Waals surface area (Å²) in [6, 6.07) is 1.78. The van der Waals surface area contributed by atoms with Gasteiger partial charge in [-0.3, -0.25) is 4.79 Å². The van der Waals surface area contributed by atoms with Gasteiger partial charge in [0.2, 0.25) is 0 Å². The first kappa shape index (κ1) is 13.3. The molecule has 0 fully saturated rings. The number of fused-ring (bicyclic) bond motifs is 1. The van der Waals surface area contributed by atoms with E-state index in [-0.39, 0.29) is 17.6 Å². The largest absolute Gasteiger partial charge is 0.344 e. The van der Waals surface area contributed by atoms with Crippen LogP contribution in [0.1, 0.15) is 47.6 Å². The van der Waals surface area contributed by atoms with Crippen LogP contribution in [0.3, 0.4) is 0 Å². The fourth-order valence-corrected chi connectivity index (χ4v) is 3.90. The van der Waals surface area contributed by atoms with Gasteiger partial charge in [-0.2, -0.15) is 0 Å². The van der Waals surface area contributed by atoms with Crippen molar-refractivity contribution in [3.63, 3.8) is 0 Å². The van der Waals surface area contributed by atoms with E-state index in [1.54, 1.807) is 0 Å². The van der Waals surface area contributed by atoms with E-state index in [2.05, 4.69) is 0 Å². The maximum atomic E-state index is 11.8. The highest BCUT2D eigenvalue weighted by Crippen LogP contribution is 2.28. The quantitative estimate of drug-likeness (QED) is 0.842. The van der Waals surface area contributed by atoms with E-state index < -0.39 is 9.84 Å². The zero-order valence-electron chi connectivity index (χ0n) is 11.1. The van der Waals surface area contributed by atoms with Crippen LogP contribution in [0.15, 0.2) is 6.07 Å². The Balaban J connectivity index is 2.42. The number of hydrogen-bond donors (Lipinski definition) is 0. The van der Waals surface area contributed by atoms with Crippen molar-refractivity contribution in [1.82, 2.24) is 4.57 Å². The summed E-state index contributed by atoms with van der Waals surface area (Å²) in [5.41, 5.74) is 2.78. The van der Waals surface area contributed by atoms with Crippen molar-refractivity contribution in [3.8, 4) is 0 Å². The second kappa shape index (κ2) is 4.53. The fraction of sp³-hybridized carbons (Fsp3) is 0.615. The first-order valence-electron chi connectivity index (χ1n) is 6.21. The summed E-state index contributed by atoms with van der Waals surface area (Å²) in [7, 11) is -3.01. The number of Topliss-reactive ketones (excluding diaryl/α,β-unsaturated/α-hetero) is 1. The molecule has 100 valence electrons. The lowest BCUT2D eigenvalue weighted by atomic mass is 9.96. The van der Waals surface area contributed by atoms with Crippen LogP contribution in [0.25, 0.3) is 0 Å². The molecule has 1 heterocycles. The molecule has 0 N–H and O–H groups in total. The average molecular weight is 269 g/mol. The molecule has 1 atom stereocenters. The van der Waals surface area contributed by atoms with E-state index in [0.717, 1.165) is 29.8 Å². The summed E-state index contributed by atoms with van der Waals surface area (Å²) in [4.78, 5) is 11.8. The van der Waals surface area contributed by atoms with E-state index in [1.807, 2.05) is 24.5 Å². The Morgan fingerprint density at radius 3 is 2.67 bits per heavy atom. The predicted molar refractivity (Wildman–Crippen MR) is 70.9 cm³/mol.